The fraction of sp³-hybridized carbons (Fsp3) is 0.722. The van der Waals surface area contributed by atoms with E-state index in [4.69, 9.17) is 4.99 Å². The van der Waals surface area contributed by atoms with E-state index in [1.54, 1.807) is 0 Å². The Morgan fingerprint density at radius 3 is 2.83 bits per heavy atom. The minimum absolute atomic E-state index is 0. The molecule has 1 fully saturated rings. The summed E-state index contributed by atoms with van der Waals surface area (Å²) in [6.45, 7) is 10.8. The molecule has 1 aliphatic heterocycles. The van der Waals surface area contributed by atoms with Gasteiger partial charge in [-0.15, -0.1) is 24.0 Å². The highest BCUT2D eigenvalue weighted by molar-refractivity contribution is 14.0. The Labute approximate surface area is 164 Å². The van der Waals surface area contributed by atoms with E-state index >= 15 is 0 Å². The smallest absolute Gasteiger partial charge is 0.194 e. The minimum atomic E-state index is 0. The summed E-state index contributed by atoms with van der Waals surface area (Å²) < 4.78 is 2.17. The van der Waals surface area contributed by atoms with Crippen molar-refractivity contribution < 1.29 is 0 Å². The summed E-state index contributed by atoms with van der Waals surface area (Å²) in [5.41, 5.74) is 1.30. The highest BCUT2D eigenvalue weighted by Gasteiger charge is 2.21. The Balaban J connectivity index is 0.00000288. The lowest BCUT2D eigenvalue weighted by atomic mass is 10.1. The molecule has 1 saturated heterocycles. The summed E-state index contributed by atoms with van der Waals surface area (Å²) >= 11 is 0. The van der Waals surface area contributed by atoms with Gasteiger partial charge >= 0.3 is 0 Å². The van der Waals surface area contributed by atoms with Crippen molar-refractivity contribution in [3.63, 3.8) is 0 Å². The number of hydrogen-bond donors (Lipinski definition) is 1. The number of guanidine groups is 1. The second-order valence-corrected chi connectivity index (χ2v) is 6.62. The van der Waals surface area contributed by atoms with Crippen molar-refractivity contribution in [3.05, 3.63) is 24.0 Å². The SMILES string of the molecule is CCCN1CCC(CN=C(NCC)N(C)Cc2cccn2C)C1.I. The number of halogens is 1. The number of rotatable bonds is 7. The Morgan fingerprint density at radius 1 is 1.42 bits per heavy atom. The lowest BCUT2D eigenvalue weighted by Crippen LogP contribution is -2.39. The molecule has 0 aromatic carbocycles. The third kappa shape index (κ3) is 6.27. The van der Waals surface area contributed by atoms with E-state index in [0.717, 1.165) is 25.6 Å². The Hall–Kier alpha value is -0.760. The summed E-state index contributed by atoms with van der Waals surface area (Å²) in [5, 5.41) is 3.43. The maximum atomic E-state index is 4.90. The second kappa shape index (κ2) is 11.0. The molecule has 2 rings (SSSR count). The van der Waals surface area contributed by atoms with Crippen LogP contribution in [-0.2, 0) is 13.6 Å². The molecule has 0 radical (unpaired) electrons. The van der Waals surface area contributed by atoms with E-state index in [9.17, 15) is 0 Å². The van der Waals surface area contributed by atoms with Gasteiger partial charge in [-0.2, -0.15) is 0 Å². The summed E-state index contributed by atoms with van der Waals surface area (Å²) in [6, 6.07) is 4.26. The molecule has 1 unspecified atom stereocenters. The second-order valence-electron chi connectivity index (χ2n) is 6.62. The first kappa shape index (κ1) is 21.3. The van der Waals surface area contributed by atoms with Gasteiger partial charge in [-0.3, -0.25) is 4.99 Å². The van der Waals surface area contributed by atoms with Crippen LogP contribution in [-0.4, -0.2) is 60.1 Å². The van der Waals surface area contributed by atoms with Crippen LogP contribution in [0.1, 0.15) is 32.4 Å². The van der Waals surface area contributed by atoms with Crippen molar-refractivity contribution in [2.75, 3.05) is 39.8 Å². The van der Waals surface area contributed by atoms with E-state index in [1.165, 1.54) is 38.2 Å². The van der Waals surface area contributed by atoms with Gasteiger partial charge in [0.15, 0.2) is 5.96 Å². The average Bonchev–Trinajstić information content (AvgIpc) is 3.14. The largest absolute Gasteiger partial charge is 0.357 e. The number of aryl methyl sites for hydroxylation is 1. The molecule has 1 atom stereocenters. The zero-order valence-corrected chi connectivity index (χ0v) is 18.0. The van der Waals surface area contributed by atoms with Gasteiger partial charge < -0.3 is 19.7 Å². The van der Waals surface area contributed by atoms with Crippen LogP contribution < -0.4 is 5.32 Å². The summed E-state index contributed by atoms with van der Waals surface area (Å²) in [5.74, 6) is 1.72. The van der Waals surface area contributed by atoms with Crippen molar-refractivity contribution in [2.45, 2.75) is 33.2 Å². The van der Waals surface area contributed by atoms with Crippen molar-refractivity contribution in [1.82, 2.24) is 19.7 Å². The van der Waals surface area contributed by atoms with E-state index in [1.807, 2.05) is 0 Å². The molecule has 5 nitrogen and oxygen atoms in total. The number of aromatic nitrogens is 1. The highest BCUT2D eigenvalue weighted by Crippen LogP contribution is 2.16. The van der Waals surface area contributed by atoms with Crippen LogP contribution in [0.4, 0.5) is 0 Å². The van der Waals surface area contributed by atoms with Gasteiger partial charge in [0.1, 0.15) is 0 Å². The zero-order chi connectivity index (χ0) is 16.7. The normalized spacial score (nSPS) is 18.5. The molecule has 0 spiro atoms. The number of nitrogens with zero attached hydrogens (tertiary/aromatic N) is 4. The van der Waals surface area contributed by atoms with Crippen molar-refractivity contribution in [3.8, 4) is 0 Å². The van der Waals surface area contributed by atoms with Gasteiger partial charge in [0, 0.05) is 45.6 Å². The summed E-state index contributed by atoms with van der Waals surface area (Å²) in [4.78, 5) is 9.69. The fourth-order valence-corrected chi connectivity index (χ4v) is 3.25. The highest BCUT2D eigenvalue weighted by atomic mass is 127. The molecule has 0 amide bonds. The first-order chi connectivity index (χ1) is 11.1. The van der Waals surface area contributed by atoms with Crippen LogP contribution in [0.15, 0.2) is 23.3 Å². The molecule has 138 valence electrons. The lowest BCUT2D eigenvalue weighted by Gasteiger charge is -2.23. The molecule has 1 aromatic rings. The summed E-state index contributed by atoms with van der Waals surface area (Å²) in [6.07, 6.45) is 4.62. The van der Waals surface area contributed by atoms with Crippen LogP contribution in [0.2, 0.25) is 0 Å². The molecule has 1 N–H and O–H groups in total. The summed E-state index contributed by atoms with van der Waals surface area (Å²) in [7, 11) is 4.21. The average molecular weight is 447 g/mol. The van der Waals surface area contributed by atoms with E-state index in [0.29, 0.717) is 5.92 Å². The molecule has 1 aromatic heterocycles. The monoisotopic (exact) mass is 447 g/mol. The number of hydrogen-bond acceptors (Lipinski definition) is 2. The van der Waals surface area contributed by atoms with Crippen LogP contribution in [0.3, 0.4) is 0 Å². The van der Waals surface area contributed by atoms with Gasteiger partial charge in [0.2, 0.25) is 0 Å². The predicted molar refractivity (Wildman–Crippen MR) is 113 cm³/mol. The fourth-order valence-electron chi connectivity index (χ4n) is 3.25. The Morgan fingerprint density at radius 2 is 2.21 bits per heavy atom. The molecular formula is C18H34IN5. The van der Waals surface area contributed by atoms with Gasteiger partial charge in [-0.25, -0.2) is 0 Å². The third-order valence-electron chi connectivity index (χ3n) is 4.56. The third-order valence-corrected chi connectivity index (χ3v) is 4.56. The molecule has 0 bridgehead atoms. The van der Waals surface area contributed by atoms with Crippen molar-refractivity contribution in [1.29, 1.82) is 0 Å². The number of aliphatic imine (C=N–C) groups is 1. The molecule has 2 heterocycles. The quantitative estimate of drug-likeness (QED) is 0.397. The molecule has 0 saturated carbocycles. The van der Waals surface area contributed by atoms with Gasteiger partial charge in [0.05, 0.1) is 6.54 Å². The predicted octanol–water partition coefficient (Wildman–Crippen LogP) is 2.77. The lowest BCUT2D eigenvalue weighted by molar-refractivity contribution is 0.326. The van der Waals surface area contributed by atoms with Gasteiger partial charge in [-0.05, 0) is 50.9 Å². The van der Waals surface area contributed by atoms with Gasteiger partial charge in [-0.1, -0.05) is 6.92 Å². The van der Waals surface area contributed by atoms with Crippen LogP contribution in [0, 0.1) is 5.92 Å². The van der Waals surface area contributed by atoms with E-state index < -0.39 is 0 Å². The zero-order valence-electron chi connectivity index (χ0n) is 15.7. The maximum Gasteiger partial charge on any atom is 0.194 e. The van der Waals surface area contributed by atoms with Crippen LogP contribution >= 0.6 is 24.0 Å². The number of nitrogens with one attached hydrogen (secondary N) is 1. The van der Waals surface area contributed by atoms with Crippen molar-refractivity contribution in [2.24, 2.45) is 18.0 Å². The minimum Gasteiger partial charge on any atom is -0.357 e. The molecule has 0 aliphatic carbocycles. The topological polar surface area (TPSA) is 35.8 Å². The van der Waals surface area contributed by atoms with E-state index in [2.05, 4.69) is 66.0 Å². The van der Waals surface area contributed by atoms with Crippen LogP contribution in [0.25, 0.3) is 0 Å². The standard InChI is InChI=1S/C18H33N5.HI/c1-5-10-23-12-9-16(14-23)13-20-18(19-6-2)22(4)15-17-8-7-11-21(17)3;/h7-8,11,16H,5-6,9-10,12-15H2,1-4H3,(H,19,20);1H. The van der Waals surface area contributed by atoms with Crippen molar-refractivity contribution >= 4 is 29.9 Å². The van der Waals surface area contributed by atoms with Crippen LogP contribution in [0.5, 0.6) is 0 Å². The molecule has 6 heteroatoms. The number of likely N-dealkylation sites (tertiary alicyclic amines) is 1. The molecule has 1 aliphatic rings. The molecule has 24 heavy (non-hydrogen) atoms. The first-order valence-electron chi connectivity index (χ1n) is 8.96. The first-order valence-corrected chi connectivity index (χ1v) is 8.96. The van der Waals surface area contributed by atoms with E-state index in [-0.39, 0.29) is 24.0 Å². The Bertz CT molecular complexity index is 499. The molecular weight excluding hydrogens is 413 g/mol. The maximum absolute atomic E-state index is 4.90. The van der Waals surface area contributed by atoms with Gasteiger partial charge in [0.25, 0.3) is 0 Å². The Kier molecular flexibility index (Phi) is 9.73.